The number of rotatable bonds is 5. The first-order valence-corrected chi connectivity index (χ1v) is 7.21. The minimum absolute atomic E-state index is 0.687. The third-order valence-electron chi connectivity index (χ3n) is 2.62. The van der Waals surface area contributed by atoms with E-state index in [4.69, 9.17) is 0 Å². The van der Waals surface area contributed by atoms with Crippen molar-refractivity contribution in [3.8, 4) is 0 Å². The molecule has 5 heteroatoms. The van der Waals surface area contributed by atoms with Crippen molar-refractivity contribution in [3.63, 3.8) is 0 Å². The molecule has 0 aliphatic heterocycles. The number of hydrogen-bond acceptors (Lipinski definition) is 3. The summed E-state index contributed by atoms with van der Waals surface area (Å²) in [5.74, 6) is 3.45. The van der Waals surface area contributed by atoms with Crippen LogP contribution < -0.4 is 0 Å². The van der Waals surface area contributed by atoms with Crippen LogP contribution in [0.2, 0.25) is 0 Å². The fraction of sp³-hybridized carbons (Fsp3) is 0.800. The summed E-state index contributed by atoms with van der Waals surface area (Å²) in [5, 5.41) is 10.2. The Kier molecular flexibility index (Phi) is 5.12. The molecule has 0 fully saturated rings. The molecule has 1 aromatic rings. The van der Waals surface area contributed by atoms with Crippen LogP contribution in [0.1, 0.15) is 19.7 Å². The van der Waals surface area contributed by atoms with Crippen LogP contribution >= 0.6 is 27.7 Å². The highest BCUT2D eigenvalue weighted by atomic mass is 79.9. The Morgan fingerprint density at radius 3 is 2.47 bits per heavy atom. The van der Waals surface area contributed by atoms with E-state index in [0.29, 0.717) is 11.8 Å². The standard InChI is InChI=1S/C10H18BrN3S/c1-7(2)9(5-11)6-15-10-13-12-8(3)14(10)4/h7,9H,5-6H2,1-4H3. The van der Waals surface area contributed by atoms with Crippen LogP contribution in [0.15, 0.2) is 5.16 Å². The zero-order chi connectivity index (χ0) is 11.4. The summed E-state index contributed by atoms with van der Waals surface area (Å²) >= 11 is 5.35. The van der Waals surface area contributed by atoms with Crippen LogP contribution in [0.25, 0.3) is 0 Å². The molecule has 86 valence electrons. The summed E-state index contributed by atoms with van der Waals surface area (Å²) in [6.07, 6.45) is 0. The molecule has 1 aromatic heterocycles. The highest BCUT2D eigenvalue weighted by molar-refractivity contribution is 9.09. The van der Waals surface area contributed by atoms with E-state index in [0.717, 1.165) is 22.1 Å². The number of hydrogen-bond donors (Lipinski definition) is 0. The maximum absolute atomic E-state index is 4.14. The van der Waals surface area contributed by atoms with Gasteiger partial charge in [0, 0.05) is 18.1 Å². The fourth-order valence-electron chi connectivity index (χ4n) is 1.11. The van der Waals surface area contributed by atoms with Gasteiger partial charge >= 0.3 is 0 Å². The van der Waals surface area contributed by atoms with Crippen LogP contribution in [0.5, 0.6) is 0 Å². The van der Waals surface area contributed by atoms with E-state index in [1.807, 2.05) is 18.5 Å². The second-order valence-electron chi connectivity index (χ2n) is 4.06. The number of alkyl halides is 1. The highest BCUT2D eigenvalue weighted by Gasteiger charge is 2.14. The summed E-state index contributed by atoms with van der Waals surface area (Å²) < 4.78 is 2.04. The Morgan fingerprint density at radius 1 is 1.40 bits per heavy atom. The van der Waals surface area contributed by atoms with Gasteiger partial charge in [-0.1, -0.05) is 41.5 Å². The molecular formula is C10H18BrN3S. The van der Waals surface area contributed by atoms with E-state index < -0.39 is 0 Å². The molecule has 15 heavy (non-hydrogen) atoms. The van der Waals surface area contributed by atoms with Crippen molar-refractivity contribution in [3.05, 3.63) is 5.82 Å². The lowest BCUT2D eigenvalue weighted by molar-refractivity contribution is 0.474. The number of nitrogens with zero attached hydrogens (tertiary/aromatic N) is 3. The summed E-state index contributed by atoms with van der Waals surface area (Å²) in [5.41, 5.74) is 0. The summed E-state index contributed by atoms with van der Waals surface area (Å²) in [6, 6.07) is 0. The topological polar surface area (TPSA) is 30.7 Å². The van der Waals surface area contributed by atoms with E-state index in [9.17, 15) is 0 Å². The van der Waals surface area contributed by atoms with Crippen molar-refractivity contribution in [1.29, 1.82) is 0 Å². The lowest BCUT2D eigenvalue weighted by atomic mass is 10.0. The summed E-state index contributed by atoms with van der Waals surface area (Å²) in [7, 11) is 2.01. The normalized spacial score (nSPS) is 13.5. The molecule has 0 N–H and O–H groups in total. The monoisotopic (exact) mass is 291 g/mol. The van der Waals surface area contributed by atoms with Crippen molar-refractivity contribution in [2.24, 2.45) is 18.9 Å². The van der Waals surface area contributed by atoms with Crippen molar-refractivity contribution in [2.45, 2.75) is 25.9 Å². The molecule has 0 aliphatic rings. The zero-order valence-corrected chi connectivity index (χ0v) is 12.1. The maximum Gasteiger partial charge on any atom is 0.190 e. The zero-order valence-electron chi connectivity index (χ0n) is 9.70. The number of aryl methyl sites for hydroxylation is 1. The van der Waals surface area contributed by atoms with Gasteiger partial charge in [-0.2, -0.15) is 0 Å². The smallest absolute Gasteiger partial charge is 0.190 e. The van der Waals surface area contributed by atoms with E-state index >= 15 is 0 Å². The lowest BCUT2D eigenvalue weighted by Crippen LogP contribution is -2.13. The minimum atomic E-state index is 0.687. The Hall–Kier alpha value is -0.0300. The van der Waals surface area contributed by atoms with Gasteiger partial charge in [0.2, 0.25) is 0 Å². The van der Waals surface area contributed by atoms with E-state index in [-0.39, 0.29) is 0 Å². The van der Waals surface area contributed by atoms with Gasteiger partial charge in [-0.25, -0.2) is 0 Å². The molecule has 3 nitrogen and oxygen atoms in total. The molecule has 0 bridgehead atoms. The van der Waals surface area contributed by atoms with Gasteiger partial charge in [-0.15, -0.1) is 10.2 Å². The Balaban J connectivity index is 2.53. The van der Waals surface area contributed by atoms with Gasteiger partial charge in [-0.05, 0) is 18.8 Å². The molecule has 0 saturated carbocycles. The van der Waals surface area contributed by atoms with Crippen LogP contribution in [0.3, 0.4) is 0 Å². The van der Waals surface area contributed by atoms with Gasteiger partial charge in [-0.3, -0.25) is 0 Å². The quantitative estimate of drug-likeness (QED) is 0.617. The molecule has 1 rings (SSSR count). The van der Waals surface area contributed by atoms with E-state index in [2.05, 4.69) is 40.0 Å². The molecule has 1 atom stereocenters. The van der Waals surface area contributed by atoms with Crippen molar-refractivity contribution in [2.75, 3.05) is 11.1 Å². The Labute approximate surface area is 104 Å². The van der Waals surface area contributed by atoms with Crippen molar-refractivity contribution >= 4 is 27.7 Å². The molecule has 0 aromatic carbocycles. The molecule has 1 heterocycles. The van der Waals surface area contributed by atoms with Crippen molar-refractivity contribution in [1.82, 2.24) is 14.8 Å². The minimum Gasteiger partial charge on any atom is -0.309 e. The third kappa shape index (κ3) is 3.48. The Bertz CT molecular complexity index is 312. The van der Waals surface area contributed by atoms with Crippen LogP contribution in [-0.4, -0.2) is 25.8 Å². The van der Waals surface area contributed by atoms with Gasteiger partial charge in [0.05, 0.1) is 0 Å². The lowest BCUT2D eigenvalue weighted by Gasteiger charge is -2.16. The largest absolute Gasteiger partial charge is 0.309 e. The first-order valence-electron chi connectivity index (χ1n) is 5.11. The number of halogens is 1. The molecular weight excluding hydrogens is 274 g/mol. The highest BCUT2D eigenvalue weighted by Crippen LogP contribution is 2.24. The summed E-state index contributed by atoms with van der Waals surface area (Å²) in [4.78, 5) is 0. The molecule has 0 amide bonds. The van der Waals surface area contributed by atoms with E-state index in [1.54, 1.807) is 11.8 Å². The van der Waals surface area contributed by atoms with Crippen LogP contribution in [0.4, 0.5) is 0 Å². The second-order valence-corrected chi connectivity index (χ2v) is 5.69. The van der Waals surface area contributed by atoms with Gasteiger partial charge < -0.3 is 4.57 Å². The first kappa shape index (κ1) is 13.0. The second kappa shape index (κ2) is 5.89. The van der Waals surface area contributed by atoms with E-state index in [1.165, 1.54) is 0 Å². The number of thioether (sulfide) groups is 1. The van der Waals surface area contributed by atoms with Crippen molar-refractivity contribution < 1.29 is 0 Å². The van der Waals surface area contributed by atoms with Gasteiger partial charge in [0.25, 0.3) is 0 Å². The Morgan fingerprint density at radius 2 is 2.07 bits per heavy atom. The average molecular weight is 292 g/mol. The summed E-state index contributed by atoms with van der Waals surface area (Å²) in [6.45, 7) is 6.49. The van der Waals surface area contributed by atoms with Gasteiger partial charge in [0.15, 0.2) is 5.16 Å². The molecule has 1 unspecified atom stereocenters. The molecule has 0 radical (unpaired) electrons. The molecule has 0 aliphatic carbocycles. The van der Waals surface area contributed by atoms with Crippen LogP contribution in [-0.2, 0) is 7.05 Å². The maximum atomic E-state index is 4.14. The van der Waals surface area contributed by atoms with Crippen LogP contribution in [0, 0.1) is 18.8 Å². The average Bonchev–Trinajstić information content (AvgIpc) is 2.49. The molecule has 0 saturated heterocycles. The third-order valence-corrected chi connectivity index (χ3v) is 4.66. The number of aromatic nitrogens is 3. The first-order chi connectivity index (χ1) is 7.06. The fourth-order valence-corrected chi connectivity index (χ4v) is 3.68. The SMILES string of the molecule is Cc1nnc(SCC(CBr)C(C)C)n1C. The van der Waals surface area contributed by atoms with Gasteiger partial charge in [0.1, 0.15) is 5.82 Å². The predicted molar refractivity (Wildman–Crippen MR) is 68.6 cm³/mol. The predicted octanol–water partition coefficient (Wildman–Crippen LogP) is 2.88. The molecule has 0 spiro atoms.